The number of fused-ring (bicyclic) bond motifs is 1. The van der Waals surface area contributed by atoms with E-state index in [-0.39, 0.29) is 5.78 Å². The van der Waals surface area contributed by atoms with E-state index in [0.29, 0.717) is 23.6 Å². The molecular formula is C25H22N6O2. The van der Waals surface area contributed by atoms with Gasteiger partial charge in [-0.25, -0.2) is 14.8 Å². The fraction of sp³-hybridized carbons (Fsp3) is 0.120. The quantitative estimate of drug-likeness (QED) is 0.334. The van der Waals surface area contributed by atoms with Crippen LogP contribution in [0.3, 0.4) is 0 Å². The molecule has 164 valence electrons. The molecule has 1 aliphatic carbocycles. The third-order valence-corrected chi connectivity index (χ3v) is 5.43. The van der Waals surface area contributed by atoms with Crippen LogP contribution in [0.1, 0.15) is 28.9 Å². The van der Waals surface area contributed by atoms with Gasteiger partial charge in [-0.05, 0) is 49.2 Å². The van der Waals surface area contributed by atoms with Gasteiger partial charge in [0.05, 0.1) is 16.9 Å². The number of nitrogens with one attached hydrogen (secondary N) is 4. The molecule has 5 rings (SSSR count). The summed E-state index contributed by atoms with van der Waals surface area (Å²) >= 11 is 0. The summed E-state index contributed by atoms with van der Waals surface area (Å²) in [6.45, 7) is 0. The number of amides is 2. The Kier molecular flexibility index (Phi) is 5.55. The van der Waals surface area contributed by atoms with Crippen molar-refractivity contribution in [2.75, 3.05) is 16.0 Å². The molecule has 0 atom stereocenters. The minimum absolute atomic E-state index is 0.124. The monoisotopic (exact) mass is 438 g/mol. The lowest BCUT2D eigenvalue weighted by molar-refractivity contribution is 0.0973. The number of rotatable bonds is 5. The number of carbonyl (C=O) groups excluding carboxylic acids is 2. The number of aryl methyl sites for hydroxylation is 1. The van der Waals surface area contributed by atoms with Crippen LogP contribution in [0.4, 0.5) is 27.8 Å². The average Bonchev–Trinajstić information content (AvgIpc) is 3.20. The van der Waals surface area contributed by atoms with Crippen molar-refractivity contribution in [3.8, 4) is 11.3 Å². The largest absolute Gasteiger partial charge is 0.356 e. The van der Waals surface area contributed by atoms with Crippen molar-refractivity contribution < 1.29 is 9.59 Å². The lowest BCUT2D eigenvalue weighted by Crippen LogP contribution is -2.20. The predicted molar refractivity (Wildman–Crippen MR) is 128 cm³/mol. The number of benzene rings is 1. The molecule has 0 saturated heterocycles. The number of Topliss-reactive ketones (excluding diaryl/α,β-unsaturated/α-hetero) is 1. The minimum Gasteiger partial charge on any atom is -0.356 e. The SMILES string of the molecule is O=C(Nc1ccccn1)Nc1cc(-c2[nH]c3c(c2Nc2ccccc2)C(=O)CCC3)ccn1. The van der Waals surface area contributed by atoms with E-state index in [9.17, 15) is 9.59 Å². The van der Waals surface area contributed by atoms with Crippen LogP contribution >= 0.6 is 0 Å². The Hall–Kier alpha value is -4.46. The van der Waals surface area contributed by atoms with Gasteiger partial charge in [-0.2, -0.15) is 0 Å². The van der Waals surface area contributed by atoms with Gasteiger partial charge in [-0.1, -0.05) is 24.3 Å². The van der Waals surface area contributed by atoms with Gasteiger partial charge in [-0.3, -0.25) is 15.4 Å². The fourth-order valence-corrected chi connectivity index (χ4v) is 3.96. The number of anilines is 4. The van der Waals surface area contributed by atoms with E-state index in [0.717, 1.165) is 41.2 Å². The van der Waals surface area contributed by atoms with E-state index < -0.39 is 6.03 Å². The second kappa shape index (κ2) is 8.96. The standard InChI is InChI=1S/C25H22N6O2/c32-19-10-6-9-18-22(19)24(28-17-7-2-1-3-8-17)23(29-18)16-12-14-27-21(15-16)31-25(33)30-20-11-4-5-13-26-20/h1-5,7-8,11-15,28-29H,6,9-10H2,(H2,26,27,30,31,33). The van der Waals surface area contributed by atoms with E-state index >= 15 is 0 Å². The molecule has 3 heterocycles. The maximum Gasteiger partial charge on any atom is 0.326 e. The minimum atomic E-state index is -0.443. The highest BCUT2D eigenvalue weighted by Gasteiger charge is 2.27. The zero-order chi connectivity index (χ0) is 22.6. The predicted octanol–water partition coefficient (Wildman–Crippen LogP) is 5.38. The highest BCUT2D eigenvalue weighted by molar-refractivity contribution is 6.07. The van der Waals surface area contributed by atoms with Crippen molar-refractivity contribution >= 4 is 34.8 Å². The van der Waals surface area contributed by atoms with Crippen LogP contribution in [0, 0.1) is 0 Å². The van der Waals surface area contributed by atoms with Gasteiger partial charge in [0.15, 0.2) is 5.78 Å². The average molecular weight is 438 g/mol. The molecule has 4 aromatic rings. The number of aromatic amines is 1. The van der Waals surface area contributed by atoms with E-state index in [1.54, 1.807) is 36.7 Å². The molecule has 0 saturated carbocycles. The summed E-state index contributed by atoms with van der Waals surface area (Å²) in [5.74, 6) is 0.945. The first-order valence-electron chi connectivity index (χ1n) is 10.7. The maximum absolute atomic E-state index is 12.8. The highest BCUT2D eigenvalue weighted by Crippen LogP contribution is 2.39. The van der Waals surface area contributed by atoms with E-state index in [1.165, 1.54) is 0 Å². The van der Waals surface area contributed by atoms with Gasteiger partial charge in [0, 0.05) is 35.8 Å². The van der Waals surface area contributed by atoms with Crippen LogP contribution in [-0.4, -0.2) is 26.8 Å². The molecule has 4 N–H and O–H groups in total. The zero-order valence-corrected chi connectivity index (χ0v) is 17.8. The van der Waals surface area contributed by atoms with E-state index in [2.05, 4.69) is 30.9 Å². The summed E-state index contributed by atoms with van der Waals surface area (Å²) in [6.07, 6.45) is 5.40. The Balaban J connectivity index is 1.46. The van der Waals surface area contributed by atoms with Crippen molar-refractivity contribution in [3.05, 3.63) is 84.3 Å². The number of hydrogen-bond donors (Lipinski definition) is 4. The lowest BCUT2D eigenvalue weighted by atomic mass is 9.95. The number of pyridine rings is 2. The van der Waals surface area contributed by atoms with Gasteiger partial charge >= 0.3 is 6.03 Å². The maximum atomic E-state index is 12.8. The first-order chi connectivity index (χ1) is 16.2. The number of urea groups is 1. The van der Waals surface area contributed by atoms with Gasteiger partial charge in [0.2, 0.25) is 0 Å². The number of hydrogen-bond acceptors (Lipinski definition) is 5. The lowest BCUT2D eigenvalue weighted by Gasteiger charge is -2.14. The zero-order valence-electron chi connectivity index (χ0n) is 17.8. The third-order valence-electron chi connectivity index (χ3n) is 5.43. The number of nitrogens with zero attached hydrogens (tertiary/aromatic N) is 2. The first kappa shape index (κ1) is 20.4. The van der Waals surface area contributed by atoms with Gasteiger partial charge in [-0.15, -0.1) is 0 Å². The molecule has 0 fully saturated rings. The van der Waals surface area contributed by atoms with E-state index in [1.807, 2.05) is 36.4 Å². The van der Waals surface area contributed by atoms with Gasteiger partial charge < -0.3 is 10.3 Å². The Morgan fingerprint density at radius 2 is 1.67 bits per heavy atom. The number of carbonyl (C=O) groups is 2. The normalized spacial score (nSPS) is 12.7. The molecule has 0 bridgehead atoms. The number of aromatic nitrogens is 3. The topological polar surface area (TPSA) is 112 Å². The summed E-state index contributed by atoms with van der Waals surface area (Å²) in [7, 11) is 0. The van der Waals surface area contributed by atoms with Crippen molar-refractivity contribution in [1.29, 1.82) is 0 Å². The van der Waals surface area contributed by atoms with Crippen LogP contribution in [0.15, 0.2) is 73.1 Å². The summed E-state index contributed by atoms with van der Waals surface area (Å²) in [6, 6.07) is 18.2. The number of ketones is 1. The molecular weight excluding hydrogens is 416 g/mol. The Labute approximate surface area is 190 Å². The molecule has 8 heteroatoms. The van der Waals surface area contributed by atoms with Crippen molar-refractivity contribution in [2.45, 2.75) is 19.3 Å². The van der Waals surface area contributed by atoms with E-state index in [4.69, 9.17) is 0 Å². The smallest absolute Gasteiger partial charge is 0.326 e. The molecule has 0 radical (unpaired) electrons. The number of para-hydroxylation sites is 1. The Bertz CT molecular complexity index is 1300. The van der Waals surface area contributed by atoms with Crippen LogP contribution in [0.25, 0.3) is 11.3 Å². The first-order valence-corrected chi connectivity index (χ1v) is 10.7. The summed E-state index contributed by atoms with van der Waals surface area (Å²) in [5.41, 5.74) is 4.86. The second-order valence-electron chi connectivity index (χ2n) is 7.72. The van der Waals surface area contributed by atoms with Crippen LogP contribution in [0.2, 0.25) is 0 Å². The summed E-state index contributed by atoms with van der Waals surface area (Å²) in [5, 5.41) is 8.83. The van der Waals surface area contributed by atoms with Crippen LogP contribution in [-0.2, 0) is 6.42 Å². The molecule has 1 aromatic carbocycles. The van der Waals surface area contributed by atoms with Gasteiger partial charge in [0.1, 0.15) is 11.6 Å². The molecule has 0 unspecified atom stereocenters. The molecule has 2 amide bonds. The Morgan fingerprint density at radius 1 is 0.879 bits per heavy atom. The van der Waals surface area contributed by atoms with Crippen molar-refractivity contribution in [2.24, 2.45) is 0 Å². The summed E-state index contributed by atoms with van der Waals surface area (Å²) < 4.78 is 0. The fourth-order valence-electron chi connectivity index (χ4n) is 3.96. The van der Waals surface area contributed by atoms with Crippen LogP contribution in [0.5, 0.6) is 0 Å². The summed E-state index contributed by atoms with van der Waals surface area (Å²) in [4.78, 5) is 36.9. The molecule has 3 aromatic heterocycles. The van der Waals surface area contributed by atoms with Gasteiger partial charge in [0.25, 0.3) is 0 Å². The van der Waals surface area contributed by atoms with Crippen molar-refractivity contribution in [1.82, 2.24) is 15.0 Å². The number of H-pyrrole nitrogens is 1. The van der Waals surface area contributed by atoms with Crippen LogP contribution < -0.4 is 16.0 Å². The second-order valence-corrected chi connectivity index (χ2v) is 7.72. The Morgan fingerprint density at radius 3 is 2.48 bits per heavy atom. The third kappa shape index (κ3) is 4.45. The van der Waals surface area contributed by atoms with Crippen molar-refractivity contribution in [3.63, 3.8) is 0 Å². The molecule has 33 heavy (non-hydrogen) atoms. The molecule has 0 spiro atoms. The highest BCUT2D eigenvalue weighted by atomic mass is 16.2. The molecule has 1 aliphatic rings. The molecule has 8 nitrogen and oxygen atoms in total. The molecule has 0 aliphatic heterocycles.